The van der Waals surface area contributed by atoms with Gasteiger partial charge in [-0.25, -0.2) is 0 Å². The minimum absolute atomic E-state index is 0.0420. The van der Waals surface area contributed by atoms with E-state index < -0.39 is 0 Å². The second-order valence-electron chi connectivity index (χ2n) is 5.56. The summed E-state index contributed by atoms with van der Waals surface area (Å²) in [4.78, 5) is 2.34. The van der Waals surface area contributed by atoms with Crippen molar-refractivity contribution in [1.82, 2.24) is 0 Å². The van der Waals surface area contributed by atoms with Crippen LogP contribution in [-0.2, 0) is 4.74 Å². The van der Waals surface area contributed by atoms with Crippen LogP contribution in [0.2, 0.25) is 0 Å². The minimum atomic E-state index is -0.0420. The van der Waals surface area contributed by atoms with Crippen LogP contribution < -0.4 is 9.64 Å². The Balaban J connectivity index is 1.79. The van der Waals surface area contributed by atoms with E-state index >= 15 is 0 Å². The van der Waals surface area contributed by atoms with Gasteiger partial charge in [0, 0.05) is 18.8 Å². The second kappa shape index (κ2) is 7.21. The molecule has 0 spiro atoms. The molecule has 0 aliphatic carbocycles. The summed E-state index contributed by atoms with van der Waals surface area (Å²) in [6, 6.07) is 16.5. The summed E-state index contributed by atoms with van der Waals surface area (Å²) < 4.78 is 10.6. The van der Waals surface area contributed by atoms with E-state index in [0.717, 1.165) is 43.2 Å². The molecule has 118 valence electrons. The zero-order valence-corrected chi connectivity index (χ0v) is 13.4. The molecule has 0 N–H and O–H groups in total. The molecule has 1 aliphatic rings. The highest BCUT2D eigenvalue weighted by Gasteiger charge is 2.14. The molecule has 0 aromatic heterocycles. The number of nitrogens with zero attached hydrogens (tertiary/aromatic N) is 1. The van der Waals surface area contributed by atoms with Crippen molar-refractivity contribution in [1.29, 1.82) is 0 Å². The molecule has 0 radical (unpaired) electrons. The van der Waals surface area contributed by atoms with Gasteiger partial charge >= 0.3 is 0 Å². The number of ether oxygens (including phenoxy) is 2. The van der Waals surface area contributed by atoms with E-state index in [9.17, 15) is 0 Å². The lowest BCUT2D eigenvalue weighted by Gasteiger charge is -2.29. The van der Waals surface area contributed by atoms with Crippen molar-refractivity contribution < 1.29 is 9.47 Å². The van der Waals surface area contributed by atoms with Crippen molar-refractivity contribution >= 4 is 5.69 Å². The normalized spacial score (nSPS) is 15.7. The van der Waals surface area contributed by atoms with E-state index in [-0.39, 0.29) is 5.92 Å². The molecular formula is C20H21NO2. The van der Waals surface area contributed by atoms with E-state index in [4.69, 9.17) is 15.9 Å². The summed E-state index contributed by atoms with van der Waals surface area (Å²) >= 11 is 0. The first-order chi connectivity index (χ1) is 11.3. The first-order valence-electron chi connectivity index (χ1n) is 7.84. The molecule has 3 heteroatoms. The van der Waals surface area contributed by atoms with Crippen LogP contribution in [0.4, 0.5) is 5.69 Å². The molecule has 1 aliphatic heterocycles. The van der Waals surface area contributed by atoms with Crippen LogP contribution in [0.25, 0.3) is 0 Å². The predicted molar refractivity (Wildman–Crippen MR) is 93.1 cm³/mol. The van der Waals surface area contributed by atoms with E-state index in [0.29, 0.717) is 0 Å². The maximum atomic E-state index is 5.78. The van der Waals surface area contributed by atoms with Gasteiger partial charge in [0.25, 0.3) is 0 Å². The molecule has 1 fully saturated rings. The van der Waals surface area contributed by atoms with E-state index in [2.05, 4.69) is 35.1 Å². The number of hydrogen-bond acceptors (Lipinski definition) is 3. The van der Waals surface area contributed by atoms with Crippen LogP contribution in [0.3, 0.4) is 0 Å². The minimum Gasteiger partial charge on any atom is -0.497 e. The number of methoxy groups -OCH3 is 1. The van der Waals surface area contributed by atoms with Gasteiger partial charge in [-0.15, -0.1) is 6.42 Å². The molecule has 0 amide bonds. The van der Waals surface area contributed by atoms with Crippen LogP contribution in [0.5, 0.6) is 5.75 Å². The van der Waals surface area contributed by atoms with Crippen molar-refractivity contribution in [3.05, 3.63) is 59.7 Å². The number of hydrogen-bond donors (Lipinski definition) is 0. The number of anilines is 1. The van der Waals surface area contributed by atoms with Gasteiger partial charge in [0.05, 0.1) is 26.2 Å². The largest absolute Gasteiger partial charge is 0.497 e. The zero-order chi connectivity index (χ0) is 16.1. The van der Waals surface area contributed by atoms with Crippen molar-refractivity contribution in [3.63, 3.8) is 0 Å². The smallest absolute Gasteiger partial charge is 0.118 e. The summed E-state index contributed by atoms with van der Waals surface area (Å²) in [6.07, 6.45) is 5.78. The molecule has 1 unspecified atom stereocenters. The Morgan fingerprint density at radius 2 is 1.57 bits per heavy atom. The van der Waals surface area contributed by atoms with Crippen molar-refractivity contribution in [2.75, 3.05) is 38.3 Å². The van der Waals surface area contributed by atoms with Gasteiger partial charge in [0.15, 0.2) is 0 Å². The number of rotatable bonds is 4. The molecule has 1 heterocycles. The maximum Gasteiger partial charge on any atom is 0.118 e. The van der Waals surface area contributed by atoms with E-state index in [1.165, 1.54) is 5.69 Å². The van der Waals surface area contributed by atoms with E-state index in [1.54, 1.807) is 7.11 Å². The lowest BCUT2D eigenvalue weighted by atomic mass is 9.92. The Morgan fingerprint density at radius 3 is 2.09 bits per heavy atom. The summed E-state index contributed by atoms with van der Waals surface area (Å²) in [5.41, 5.74) is 3.46. The van der Waals surface area contributed by atoms with Crippen LogP contribution in [0.15, 0.2) is 48.5 Å². The highest BCUT2D eigenvalue weighted by Crippen LogP contribution is 2.27. The second-order valence-corrected chi connectivity index (χ2v) is 5.56. The average molecular weight is 307 g/mol. The van der Waals surface area contributed by atoms with Crippen molar-refractivity contribution in [3.8, 4) is 18.1 Å². The molecular weight excluding hydrogens is 286 g/mol. The highest BCUT2D eigenvalue weighted by atomic mass is 16.5. The monoisotopic (exact) mass is 307 g/mol. The quantitative estimate of drug-likeness (QED) is 0.809. The zero-order valence-electron chi connectivity index (χ0n) is 13.4. The van der Waals surface area contributed by atoms with Gasteiger partial charge in [-0.05, 0) is 35.4 Å². The van der Waals surface area contributed by atoms with Gasteiger partial charge in [0.1, 0.15) is 5.75 Å². The molecule has 3 nitrogen and oxygen atoms in total. The SMILES string of the molecule is C#CC(c1ccc(OC)cc1)c1ccc(N2CCOCC2)cc1. The number of terminal acetylenes is 1. The fraction of sp³-hybridized carbons (Fsp3) is 0.300. The van der Waals surface area contributed by atoms with Crippen molar-refractivity contribution in [2.24, 2.45) is 0 Å². The van der Waals surface area contributed by atoms with Crippen LogP contribution >= 0.6 is 0 Å². The third kappa shape index (κ3) is 3.49. The fourth-order valence-electron chi connectivity index (χ4n) is 2.88. The molecule has 2 aromatic carbocycles. The Bertz CT molecular complexity index is 664. The topological polar surface area (TPSA) is 21.7 Å². The van der Waals surface area contributed by atoms with Gasteiger partial charge < -0.3 is 14.4 Å². The predicted octanol–water partition coefficient (Wildman–Crippen LogP) is 3.30. The lowest BCUT2D eigenvalue weighted by Crippen LogP contribution is -2.36. The molecule has 1 saturated heterocycles. The first-order valence-corrected chi connectivity index (χ1v) is 7.84. The number of morpholine rings is 1. The summed E-state index contributed by atoms with van der Waals surface area (Å²) in [5.74, 6) is 3.69. The lowest BCUT2D eigenvalue weighted by molar-refractivity contribution is 0.122. The summed E-state index contributed by atoms with van der Waals surface area (Å²) in [6.45, 7) is 3.47. The van der Waals surface area contributed by atoms with E-state index in [1.807, 2.05) is 24.3 Å². The Hall–Kier alpha value is -2.44. The average Bonchev–Trinajstić information content (AvgIpc) is 2.64. The molecule has 3 rings (SSSR count). The van der Waals surface area contributed by atoms with Gasteiger partial charge in [-0.3, -0.25) is 0 Å². The molecule has 0 saturated carbocycles. The molecule has 2 aromatic rings. The summed E-state index contributed by atoms with van der Waals surface area (Å²) in [7, 11) is 1.66. The van der Waals surface area contributed by atoms with Gasteiger partial charge in [0.2, 0.25) is 0 Å². The fourth-order valence-corrected chi connectivity index (χ4v) is 2.88. The molecule has 1 atom stereocenters. The van der Waals surface area contributed by atoms with Crippen molar-refractivity contribution in [2.45, 2.75) is 5.92 Å². The van der Waals surface area contributed by atoms with Crippen LogP contribution in [0, 0.1) is 12.3 Å². The standard InChI is InChI=1S/C20H21NO2/c1-3-20(17-6-10-19(22-2)11-7-17)16-4-8-18(9-5-16)21-12-14-23-15-13-21/h1,4-11,20H,12-15H2,2H3. The van der Waals surface area contributed by atoms with Gasteiger partial charge in [-0.1, -0.05) is 30.2 Å². The Kier molecular flexibility index (Phi) is 4.85. The summed E-state index contributed by atoms with van der Waals surface area (Å²) in [5, 5.41) is 0. The van der Waals surface area contributed by atoms with Crippen LogP contribution in [0.1, 0.15) is 17.0 Å². The first kappa shape index (κ1) is 15.5. The highest BCUT2D eigenvalue weighted by molar-refractivity contribution is 5.51. The third-order valence-electron chi connectivity index (χ3n) is 4.22. The Morgan fingerprint density at radius 1 is 1.00 bits per heavy atom. The molecule has 0 bridgehead atoms. The number of benzene rings is 2. The molecule has 23 heavy (non-hydrogen) atoms. The third-order valence-corrected chi connectivity index (χ3v) is 4.22. The Labute approximate surface area is 137 Å². The maximum absolute atomic E-state index is 5.78. The van der Waals surface area contributed by atoms with Gasteiger partial charge in [-0.2, -0.15) is 0 Å². The van der Waals surface area contributed by atoms with Crippen LogP contribution in [-0.4, -0.2) is 33.4 Å².